The summed E-state index contributed by atoms with van der Waals surface area (Å²) in [4.78, 5) is 57.9. The Morgan fingerprint density at radius 1 is 1.12 bits per heavy atom. The van der Waals surface area contributed by atoms with Crippen molar-refractivity contribution in [3.8, 4) is 11.5 Å². The fourth-order valence-corrected chi connectivity index (χ4v) is 5.79. The quantitative estimate of drug-likeness (QED) is 0.382. The molecule has 0 unspecified atom stereocenters. The van der Waals surface area contributed by atoms with Crippen molar-refractivity contribution < 1.29 is 28.7 Å². The zero-order valence-corrected chi connectivity index (χ0v) is 25.4. The third kappa shape index (κ3) is 6.77. The summed E-state index contributed by atoms with van der Waals surface area (Å²) in [6, 6.07) is 3.12. The number of primary amides is 1. The van der Waals surface area contributed by atoms with Crippen LogP contribution in [-0.4, -0.2) is 71.4 Å². The van der Waals surface area contributed by atoms with Gasteiger partial charge in [0.15, 0.2) is 5.78 Å². The van der Waals surface area contributed by atoms with Gasteiger partial charge in [-0.2, -0.15) is 0 Å². The molecule has 11 nitrogen and oxygen atoms in total. The molecule has 0 radical (unpaired) electrons. The molecule has 4 N–H and O–H groups in total. The average Bonchev–Trinajstić information content (AvgIpc) is 3.60. The van der Waals surface area contributed by atoms with E-state index < -0.39 is 41.4 Å². The Morgan fingerprint density at radius 2 is 1.81 bits per heavy atom. The first kappa shape index (κ1) is 31.1. The van der Waals surface area contributed by atoms with Crippen molar-refractivity contribution in [2.75, 3.05) is 13.7 Å². The van der Waals surface area contributed by atoms with Gasteiger partial charge in [-0.25, -0.2) is 9.78 Å². The number of aromatic nitrogens is 1. The van der Waals surface area contributed by atoms with Crippen molar-refractivity contribution in [3.05, 3.63) is 29.5 Å². The van der Waals surface area contributed by atoms with Gasteiger partial charge in [0.05, 0.1) is 19.2 Å². The summed E-state index contributed by atoms with van der Waals surface area (Å²) in [5.41, 5.74) is 6.78. The number of hydrogen-bond acceptors (Lipinski definition) is 7. The minimum absolute atomic E-state index is 0.0843. The number of urea groups is 1. The first-order valence-corrected chi connectivity index (χ1v) is 14.7. The van der Waals surface area contributed by atoms with E-state index in [1.165, 1.54) is 4.90 Å². The molecule has 1 aromatic heterocycles. The molecule has 2 heterocycles. The first-order valence-electron chi connectivity index (χ1n) is 14.7. The molecule has 1 aromatic carbocycles. The molecule has 3 atom stereocenters. The number of amides is 4. The van der Waals surface area contributed by atoms with E-state index in [4.69, 9.17) is 15.2 Å². The summed E-state index contributed by atoms with van der Waals surface area (Å²) >= 11 is 0. The Hall–Kier alpha value is -3.89. The van der Waals surface area contributed by atoms with E-state index >= 15 is 0 Å². The highest BCUT2D eigenvalue weighted by Crippen LogP contribution is 2.34. The van der Waals surface area contributed by atoms with Crippen LogP contribution in [0.2, 0.25) is 0 Å². The van der Waals surface area contributed by atoms with Crippen LogP contribution < -0.4 is 25.8 Å². The van der Waals surface area contributed by atoms with Crippen molar-refractivity contribution in [2.24, 2.45) is 11.1 Å². The molecule has 0 spiro atoms. The summed E-state index contributed by atoms with van der Waals surface area (Å²) < 4.78 is 11.9. The summed E-state index contributed by atoms with van der Waals surface area (Å²) in [6.07, 6.45) is 3.81. The van der Waals surface area contributed by atoms with Crippen molar-refractivity contribution in [1.82, 2.24) is 20.5 Å². The van der Waals surface area contributed by atoms with Crippen molar-refractivity contribution in [1.29, 1.82) is 0 Å². The highest BCUT2D eigenvalue weighted by molar-refractivity contribution is 5.98. The number of methoxy groups -OCH3 is 1. The minimum atomic E-state index is -0.918. The average molecular weight is 582 g/mol. The fraction of sp³-hybridized carbons (Fsp3) is 0.581. The van der Waals surface area contributed by atoms with E-state index in [1.807, 2.05) is 33.8 Å². The Morgan fingerprint density at radius 3 is 2.40 bits per heavy atom. The van der Waals surface area contributed by atoms with Crippen LogP contribution in [0.3, 0.4) is 0 Å². The van der Waals surface area contributed by atoms with E-state index in [1.54, 1.807) is 26.2 Å². The maximum Gasteiger partial charge on any atom is 0.315 e. The molecular formula is C31H43N5O6. The molecule has 2 aliphatic rings. The zero-order valence-electron chi connectivity index (χ0n) is 25.4. The number of nitrogens with one attached hydrogen (secondary N) is 2. The number of nitrogens with zero attached hydrogens (tertiary/aromatic N) is 2. The Balaban J connectivity index is 1.61. The second-order valence-electron chi connectivity index (χ2n) is 12.4. The minimum Gasteiger partial charge on any atom is -0.496 e. The van der Waals surface area contributed by atoms with Crippen LogP contribution in [0.25, 0.3) is 10.9 Å². The highest BCUT2D eigenvalue weighted by Gasteiger charge is 2.45. The smallest absolute Gasteiger partial charge is 0.315 e. The third-order valence-electron chi connectivity index (χ3n) is 8.14. The lowest BCUT2D eigenvalue weighted by Crippen LogP contribution is -2.59. The maximum atomic E-state index is 13.9. The largest absolute Gasteiger partial charge is 0.496 e. The second kappa shape index (κ2) is 12.5. The normalized spacial score (nSPS) is 19.9. The number of nitrogens with two attached hydrogens (primary N) is 1. The lowest BCUT2D eigenvalue weighted by molar-refractivity contribution is -0.141. The second-order valence-corrected chi connectivity index (χ2v) is 12.4. The molecule has 4 rings (SSSR count). The molecule has 2 aromatic rings. The standard InChI is InChI=1S/C31H43N5O6/c1-7-24(37)22-15-26(20-12-17(2)25(41-6)14-21(20)34-22)42-19-13-23(28(32)38)36(16-19)29(39)27(31(3,4)5)35-30(40)33-18-10-8-9-11-18/h12,14-15,18-19,23,27H,7-11,13,16H2,1-6H3,(H2,32,38)(H2,33,35,40)/t19-,23-,27+/m0/s1. The van der Waals surface area contributed by atoms with Gasteiger partial charge in [-0.15, -0.1) is 0 Å². The predicted molar refractivity (Wildman–Crippen MR) is 159 cm³/mol. The summed E-state index contributed by atoms with van der Waals surface area (Å²) in [7, 11) is 1.57. The number of ketones is 1. The number of carbonyl (C=O) groups excluding carboxylic acids is 4. The van der Waals surface area contributed by atoms with Crippen molar-refractivity contribution >= 4 is 34.5 Å². The Labute approximate surface area is 246 Å². The number of Topliss-reactive ketones (excluding diaryl/α,β-unsaturated/α-hetero) is 1. The first-order chi connectivity index (χ1) is 19.8. The van der Waals surface area contributed by atoms with Crippen LogP contribution in [0.15, 0.2) is 18.2 Å². The SMILES string of the molecule is CCC(=O)c1cc(O[C@H]2C[C@@H](C(N)=O)N(C(=O)[C@@H](NC(=O)NC3CCCC3)C(C)(C)C)C2)c2cc(C)c(OC)cc2n1. The van der Waals surface area contributed by atoms with Crippen LogP contribution >= 0.6 is 0 Å². The van der Waals surface area contributed by atoms with Crippen molar-refractivity contribution in [3.63, 3.8) is 0 Å². The monoisotopic (exact) mass is 581 g/mol. The maximum absolute atomic E-state index is 13.9. The van der Waals surface area contributed by atoms with E-state index in [2.05, 4.69) is 15.6 Å². The summed E-state index contributed by atoms with van der Waals surface area (Å²) in [5, 5.41) is 6.51. The highest BCUT2D eigenvalue weighted by atomic mass is 16.5. The number of hydrogen-bond donors (Lipinski definition) is 3. The van der Waals surface area contributed by atoms with Crippen LogP contribution in [-0.2, 0) is 9.59 Å². The van der Waals surface area contributed by atoms with Crippen LogP contribution in [0.4, 0.5) is 4.79 Å². The lowest BCUT2D eigenvalue weighted by atomic mass is 9.85. The van der Waals surface area contributed by atoms with Crippen molar-refractivity contribution in [2.45, 2.75) is 97.4 Å². The molecule has 1 saturated carbocycles. The van der Waals surface area contributed by atoms with E-state index in [0.717, 1.165) is 31.2 Å². The van der Waals surface area contributed by atoms with Crippen LogP contribution in [0, 0.1) is 12.3 Å². The van der Waals surface area contributed by atoms with E-state index in [-0.39, 0.29) is 36.9 Å². The molecule has 0 bridgehead atoms. The molecular weight excluding hydrogens is 538 g/mol. The summed E-state index contributed by atoms with van der Waals surface area (Å²) in [6.45, 7) is 9.33. The van der Waals surface area contributed by atoms with Crippen LogP contribution in [0.1, 0.15) is 82.3 Å². The molecule has 42 heavy (non-hydrogen) atoms. The van der Waals surface area contributed by atoms with Gasteiger partial charge in [-0.1, -0.05) is 40.5 Å². The van der Waals surface area contributed by atoms with Gasteiger partial charge in [0, 0.05) is 36.4 Å². The van der Waals surface area contributed by atoms with Gasteiger partial charge in [0.1, 0.15) is 35.4 Å². The molecule has 4 amide bonds. The number of ether oxygens (including phenoxy) is 2. The lowest BCUT2D eigenvalue weighted by Gasteiger charge is -2.35. The van der Waals surface area contributed by atoms with E-state index in [9.17, 15) is 19.2 Å². The topological polar surface area (TPSA) is 153 Å². The number of likely N-dealkylation sites (tertiary alicyclic amines) is 1. The molecule has 1 saturated heterocycles. The van der Waals surface area contributed by atoms with Gasteiger partial charge in [0.25, 0.3) is 0 Å². The molecule has 11 heteroatoms. The van der Waals surface area contributed by atoms with Gasteiger partial charge in [-0.3, -0.25) is 14.4 Å². The molecule has 1 aliphatic carbocycles. The van der Waals surface area contributed by atoms with Gasteiger partial charge in [-0.05, 0) is 36.8 Å². The third-order valence-corrected chi connectivity index (χ3v) is 8.14. The van der Waals surface area contributed by atoms with Gasteiger partial charge < -0.3 is 30.7 Å². The molecule has 1 aliphatic heterocycles. The Bertz CT molecular complexity index is 1360. The number of rotatable bonds is 9. The molecule has 2 fully saturated rings. The number of fused-ring (bicyclic) bond motifs is 1. The fourth-order valence-electron chi connectivity index (χ4n) is 5.79. The van der Waals surface area contributed by atoms with Gasteiger partial charge >= 0.3 is 6.03 Å². The number of carbonyl (C=O) groups is 4. The van der Waals surface area contributed by atoms with E-state index in [0.29, 0.717) is 22.4 Å². The Kier molecular flexibility index (Phi) is 9.27. The number of benzene rings is 1. The van der Waals surface area contributed by atoms with Gasteiger partial charge in [0.2, 0.25) is 11.8 Å². The molecule has 228 valence electrons. The zero-order chi connectivity index (χ0) is 30.8. The number of aryl methyl sites for hydroxylation is 1. The van der Waals surface area contributed by atoms with Crippen LogP contribution in [0.5, 0.6) is 11.5 Å². The number of pyridine rings is 1. The summed E-state index contributed by atoms with van der Waals surface area (Å²) in [5.74, 6) is -0.146. The predicted octanol–water partition coefficient (Wildman–Crippen LogP) is 3.63.